The third-order valence-electron chi connectivity index (χ3n) is 4.33. The van der Waals surface area contributed by atoms with Crippen LogP contribution < -0.4 is 9.47 Å². The molecule has 0 amide bonds. The molecular weight excluding hydrogens is 593 g/mol. The SMILES string of the molecule is COc1ccc2nc(Br)c(O)c(Br)c2c1.COc1ccc2ncc(O)c(C(=O)O)c2c1.[B]=NS. The zero-order chi connectivity index (χ0) is 25.4. The van der Waals surface area contributed by atoms with E-state index in [1.165, 1.54) is 13.2 Å². The van der Waals surface area contributed by atoms with Crippen LogP contribution in [-0.2, 0) is 0 Å². The van der Waals surface area contributed by atoms with Crippen LogP contribution in [0.5, 0.6) is 23.0 Å². The van der Waals surface area contributed by atoms with Crippen molar-refractivity contribution in [3.63, 3.8) is 0 Å². The molecular formula is C21H17BBr2N3O6S. The van der Waals surface area contributed by atoms with Gasteiger partial charge in [0.15, 0.2) is 5.75 Å². The second-order valence-corrected chi connectivity index (χ2v) is 8.05. The molecule has 0 spiro atoms. The molecule has 34 heavy (non-hydrogen) atoms. The molecule has 13 heteroatoms. The quantitative estimate of drug-likeness (QED) is 0.140. The van der Waals surface area contributed by atoms with Gasteiger partial charge in [0.25, 0.3) is 0 Å². The molecule has 0 unspecified atom stereocenters. The van der Waals surface area contributed by atoms with Crippen LogP contribution in [0.4, 0.5) is 0 Å². The molecule has 0 saturated heterocycles. The van der Waals surface area contributed by atoms with Gasteiger partial charge in [-0.3, -0.25) is 4.98 Å². The van der Waals surface area contributed by atoms with Gasteiger partial charge in [0.1, 0.15) is 27.4 Å². The molecule has 4 rings (SSSR count). The first-order valence-electron chi connectivity index (χ1n) is 9.13. The van der Waals surface area contributed by atoms with Crippen molar-refractivity contribution in [2.75, 3.05) is 14.2 Å². The van der Waals surface area contributed by atoms with Gasteiger partial charge in [-0.25, -0.2) is 9.78 Å². The number of thiol groups is 1. The van der Waals surface area contributed by atoms with Gasteiger partial charge in [0, 0.05) is 10.8 Å². The van der Waals surface area contributed by atoms with Crippen LogP contribution in [-0.4, -0.2) is 53.1 Å². The van der Waals surface area contributed by atoms with Crippen LogP contribution in [0, 0.1) is 0 Å². The maximum atomic E-state index is 11.0. The Labute approximate surface area is 217 Å². The summed E-state index contributed by atoms with van der Waals surface area (Å²) in [5.74, 6) is -0.212. The van der Waals surface area contributed by atoms with Crippen molar-refractivity contribution in [1.29, 1.82) is 0 Å². The molecule has 9 nitrogen and oxygen atoms in total. The molecule has 0 aliphatic heterocycles. The third-order valence-corrected chi connectivity index (χ3v) is 5.69. The van der Waals surface area contributed by atoms with E-state index in [1.54, 1.807) is 19.2 Å². The average Bonchev–Trinajstić information content (AvgIpc) is 2.82. The second-order valence-electron chi connectivity index (χ2n) is 6.27. The van der Waals surface area contributed by atoms with Crippen molar-refractivity contribution in [1.82, 2.24) is 9.97 Å². The molecule has 0 aliphatic rings. The normalized spacial score (nSPS) is 9.88. The molecule has 0 atom stereocenters. The molecule has 1 radical (unpaired) electrons. The number of aromatic hydroxyl groups is 2. The Hall–Kier alpha value is -2.90. The van der Waals surface area contributed by atoms with Gasteiger partial charge < -0.3 is 24.8 Å². The summed E-state index contributed by atoms with van der Waals surface area (Å²) >= 11 is 9.69. The molecule has 2 aromatic heterocycles. The van der Waals surface area contributed by atoms with Crippen molar-refractivity contribution < 1.29 is 29.6 Å². The predicted molar refractivity (Wildman–Crippen MR) is 139 cm³/mol. The number of ether oxygens (including phenoxy) is 2. The summed E-state index contributed by atoms with van der Waals surface area (Å²) in [5.41, 5.74) is 1.12. The van der Waals surface area contributed by atoms with Crippen LogP contribution in [0.15, 0.2) is 56.0 Å². The Kier molecular flexibility index (Phi) is 10.1. The minimum absolute atomic E-state index is 0.0933. The molecule has 0 aliphatic carbocycles. The van der Waals surface area contributed by atoms with Gasteiger partial charge in [-0.05, 0) is 68.3 Å². The molecule has 2 aromatic carbocycles. The molecule has 3 N–H and O–H groups in total. The summed E-state index contributed by atoms with van der Waals surface area (Å²) in [5, 5.41) is 29.3. The fraction of sp³-hybridized carbons (Fsp3) is 0.0952. The van der Waals surface area contributed by atoms with Crippen molar-refractivity contribution >= 4 is 80.1 Å². The summed E-state index contributed by atoms with van der Waals surface area (Å²) in [6.07, 6.45) is 1.12. The predicted octanol–water partition coefficient (Wildman–Crippen LogP) is 5.30. The Morgan fingerprint density at radius 1 is 1.03 bits per heavy atom. The van der Waals surface area contributed by atoms with Gasteiger partial charge in [0.2, 0.25) is 0 Å². The van der Waals surface area contributed by atoms with Gasteiger partial charge in [0.05, 0.1) is 35.9 Å². The molecule has 0 bridgehead atoms. The number of hydrogen-bond acceptors (Lipinski definition) is 9. The first-order valence-corrected chi connectivity index (χ1v) is 11.1. The minimum atomic E-state index is -1.20. The fourth-order valence-corrected chi connectivity index (χ4v) is 3.97. The maximum absolute atomic E-state index is 11.0. The van der Waals surface area contributed by atoms with Crippen LogP contribution in [0.2, 0.25) is 0 Å². The van der Waals surface area contributed by atoms with E-state index < -0.39 is 5.97 Å². The Bertz CT molecular complexity index is 1360. The summed E-state index contributed by atoms with van der Waals surface area (Å²) in [7, 11) is 7.42. The van der Waals surface area contributed by atoms with Gasteiger partial charge in [-0.1, -0.05) is 0 Å². The standard InChI is InChI=1S/C11H9NO4.C10H7Br2NO2.BHNS/c1-16-6-2-3-8-7(4-6)10(11(14)15)9(13)5-12-8;1-15-5-2-3-7-6(4-5)8(11)9(14)10(12)13-7;1-2-3/h2-5,13H,1H3,(H,14,15);2-4,14H,1H3;3H. The number of pyridine rings is 2. The van der Waals surface area contributed by atoms with E-state index in [9.17, 15) is 15.0 Å². The van der Waals surface area contributed by atoms with Crippen LogP contribution in [0.1, 0.15) is 10.4 Å². The topological polar surface area (TPSA) is 134 Å². The average molecular weight is 610 g/mol. The van der Waals surface area contributed by atoms with Crippen LogP contribution in [0.25, 0.3) is 21.8 Å². The zero-order valence-corrected chi connectivity index (χ0v) is 21.8. The number of fused-ring (bicyclic) bond motifs is 2. The first-order chi connectivity index (χ1) is 16.2. The van der Waals surface area contributed by atoms with E-state index in [0.717, 1.165) is 22.8 Å². The summed E-state index contributed by atoms with van der Waals surface area (Å²) in [6.45, 7) is 0. The molecule has 175 valence electrons. The number of rotatable bonds is 3. The summed E-state index contributed by atoms with van der Waals surface area (Å²) in [4.78, 5) is 19.1. The number of halogens is 2. The monoisotopic (exact) mass is 608 g/mol. The van der Waals surface area contributed by atoms with Crippen molar-refractivity contribution in [2.45, 2.75) is 0 Å². The van der Waals surface area contributed by atoms with E-state index in [2.05, 4.69) is 66.6 Å². The molecule has 0 fully saturated rings. The number of benzene rings is 2. The van der Waals surface area contributed by atoms with E-state index in [4.69, 9.17) is 14.6 Å². The number of aromatic carboxylic acids is 1. The number of hydrogen-bond donors (Lipinski definition) is 4. The van der Waals surface area contributed by atoms with E-state index in [-0.39, 0.29) is 17.1 Å². The van der Waals surface area contributed by atoms with Crippen molar-refractivity contribution in [3.05, 3.63) is 57.2 Å². The van der Waals surface area contributed by atoms with Crippen molar-refractivity contribution in [3.8, 4) is 23.0 Å². The Morgan fingerprint density at radius 2 is 1.56 bits per heavy atom. The zero-order valence-electron chi connectivity index (χ0n) is 17.7. The molecule has 2 heterocycles. The van der Waals surface area contributed by atoms with Gasteiger partial charge in [-0.15, -0.1) is 0 Å². The van der Waals surface area contributed by atoms with Gasteiger partial charge >= 0.3 is 30.7 Å². The van der Waals surface area contributed by atoms with Crippen LogP contribution in [0.3, 0.4) is 0 Å². The number of carbonyl (C=O) groups is 1. The number of carboxylic acid groups (broad SMARTS) is 1. The molecule has 0 saturated carbocycles. The summed E-state index contributed by atoms with van der Waals surface area (Å²) in [6, 6.07) is 10.3. The Morgan fingerprint density at radius 3 is 2.09 bits per heavy atom. The second kappa shape index (κ2) is 12.5. The van der Waals surface area contributed by atoms with E-state index in [0.29, 0.717) is 25.7 Å². The number of methoxy groups -OCH3 is 2. The fourth-order valence-electron chi connectivity index (χ4n) is 2.81. The first kappa shape index (κ1) is 27.4. The summed E-state index contributed by atoms with van der Waals surface area (Å²) < 4.78 is 13.8. The molecule has 4 aromatic rings. The van der Waals surface area contributed by atoms with Gasteiger partial charge in [-0.2, -0.15) is 0 Å². The van der Waals surface area contributed by atoms with E-state index in [1.807, 2.05) is 18.2 Å². The number of nitrogens with zero attached hydrogens (tertiary/aromatic N) is 3. The number of aromatic nitrogens is 2. The van der Waals surface area contributed by atoms with Crippen molar-refractivity contribution in [2.24, 2.45) is 4.30 Å². The number of carboxylic acids is 1. The van der Waals surface area contributed by atoms with Crippen LogP contribution >= 0.6 is 44.7 Å². The van der Waals surface area contributed by atoms with E-state index >= 15 is 0 Å². The Balaban J connectivity index is 0.000000216. The third kappa shape index (κ3) is 6.36.